The third-order valence-electron chi connectivity index (χ3n) is 8.10. The Labute approximate surface area is 285 Å². The topological polar surface area (TPSA) is 58.1 Å². The summed E-state index contributed by atoms with van der Waals surface area (Å²) in [5.74, 6) is 0.972. The SMILES string of the molecule is CN1C=CN(c2[c-]c(N(c3ccccc3)c3[c-]c(Oc4ccccn4)cc4c3oc3ccccc34)c3oc4ccccc4c3c2)[CH-]1.[Pt]. The Bertz CT molecular complexity index is 2420. The van der Waals surface area contributed by atoms with Gasteiger partial charge in [-0.05, 0) is 61.2 Å². The van der Waals surface area contributed by atoms with Gasteiger partial charge in [0, 0.05) is 66.7 Å². The first-order valence-electron chi connectivity index (χ1n) is 14.9. The van der Waals surface area contributed by atoms with Crippen LogP contribution in [0.15, 0.2) is 137 Å². The van der Waals surface area contributed by atoms with E-state index in [2.05, 4.69) is 57.2 Å². The normalized spacial score (nSPS) is 12.8. The minimum absolute atomic E-state index is 0. The Hall–Kier alpha value is -5.52. The average molecular weight is 793 g/mol. The number of fused-ring (bicyclic) bond motifs is 6. The van der Waals surface area contributed by atoms with Crippen LogP contribution < -0.4 is 14.5 Å². The van der Waals surface area contributed by atoms with Gasteiger partial charge in [0.05, 0.1) is 0 Å². The predicted octanol–water partition coefficient (Wildman–Crippen LogP) is 10.1. The molecule has 5 aromatic carbocycles. The fourth-order valence-electron chi connectivity index (χ4n) is 6.03. The average Bonchev–Trinajstić information content (AvgIpc) is 3.81. The van der Waals surface area contributed by atoms with Crippen LogP contribution in [0.2, 0.25) is 0 Å². The smallest absolute Gasteiger partial charge is 0.216 e. The van der Waals surface area contributed by atoms with Gasteiger partial charge in [-0.25, -0.2) is 4.98 Å². The molecule has 1 aliphatic rings. The maximum absolute atomic E-state index is 6.63. The van der Waals surface area contributed by atoms with Crippen LogP contribution in [0.5, 0.6) is 11.6 Å². The zero-order valence-corrected chi connectivity index (χ0v) is 27.3. The number of furan rings is 2. The van der Waals surface area contributed by atoms with Gasteiger partial charge in [-0.1, -0.05) is 71.4 Å². The zero-order valence-electron chi connectivity index (χ0n) is 25.0. The third-order valence-corrected chi connectivity index (χ3v) is 8.10. The molecule has 0 radical (unpaired) electrons. The van der Waals surface area contributed by atoms with Crippen molar-refractivity contribution < 1.29 is 34.6 Å². The summed E-state index contributed by atoms with van der Waals surface area (Å²) in [5, 5.41) is 3.85. The third kappa shape index (κ3) is 5.00. The summed E-state index contributed by atoms with van der Waals surface area (Å²) in [6, 6.07) is 43.2. The molecule has 0 spiro atoms. The van der Waals surface area contributed by atoms with E-state index in [4.69, 9.17) is 13.6 Å². The summed E-state index contributed by atoms with van der Waals surface area (Å²) in [4.78, 5) is 10.5. The standard InChI is InChI=1S/C39H25N4O3.Pt/c1-41-19-20-42(25-41)27-21-31-29-13-5-7-15-35(29)45-38(31)33(22-27)43(26-11-3-2-4-12-26)34-24-28(44-37-17-9-10-18-40-37)23-32-30-14-6-8-16-36(30)46-39(32)34;/h2-21,23,25H,1H3;/q-3;. The molecule has 0 fully saturated rings. The molecule has 4 heterocycles. The molecule has 7 nitrogen and oxygen atoms in total. The van der Waals surface area contributed by atoms with Gasteiger partial charge < -0.3 is 28.3 Å². The fourth-order valence-corrected chi connectivity index (χ4v) is 6.03. The van der Waals surface area contributed by atoms with Crippen LogP contribution in [0.3, 0.4) is 0 Å². The Morgan fingerprint density at radius 1 is 0.702 bits per heavy atom. The maximum atomic E-state index is 6.63. The molecule has 9 rings (SSSR count). The Morgan fingerprint density at radius 3 is 2.00 bits per heavy atom. The minimum Gasteiger partial charge on any atom is -0.513 e. The van der Waals surface area contributed by atoms with Gasteiger partial charge in [-0.2, -0.15) is 6.67 Å². The van der Waals surface area contributed by atoms with Crippen molar-refractivity contribution in [3.8, 4) is 11.6 Å². The van der Waals surface area contributed by atoms with Gasteiger partial charge in [0.2, 0.25) is 5.88 Å². The molecule has 232 valence electrons. The van der Waals surface area contributed by atoms with E-state index in [9.17, 15) is 0 Å². The van der Waals surface area contributed by atoms with Crippen molar-refractivity contribution in [1.82, 2.24) is 9.88 Å². The number of hydrogen-bond acceptors (Lipinski definition) is 7. The van der Waals surface area contributed by atoms with Crippen molar-refractivity contribution in [1.29, 1.82) is 0 Å². The first-order chi connectivity index (χ1) is 22.7. The summed E-state index contributed by atoms with van der Waals surface area (Å²) in [5.41, 5.74) is 6.01. The van der Waals surface area contributed by atoms with Crippen LogP contribution in [0, 0.1) is 18.8 Å². The molecule has 0 unspecified atom stereocenters. The fraction of sp³-hybridized carbons (Fsp3) is 0.0256. The summed E-state index contributed by atoms with van der Waals surface area (Å²) in [6.45, 7) is 2.02. The molecule has 0 saturated carbocycles. The molecule has 0 atom stereocenters. The van der Waals surface area contributed by atoms with Crippen molar-refractivity contribution >= 4 is 66.6 Å². The van der Waals surface area contributed by atoms with Crippen LogP contribution in [-0.4, -0.2) is 16.9 Å². The first kappa shape index (κ1) is 28.9. The molecule has 0 aliphatic carbocycles. The first-order valence-corrected chi connectivity index (χ1v) is 14.9. The largest absolute Gasteiger partial charge is 0.513 e. The van der Waals surface area contributed by atoms with Crippen molar-refractivity contribution in [2.24, 2.45) is 0 Å². The van der Waals surface area contributed by atoms with Gasteiger partial charge in [0.1, 0.15) is 11.2 Å². The van der Waals surface area contributed by atoms with Gasteiger partial charge in [-0.3, -0.25) is 0 Å². The number of pyridine rings is 1. The van der Waals surface area contributed by atoms with Gasteiger partial charge in [0.25, 0.3) is 0 Å². The molecule has 8 aromatic rings. The molecule has 0 saturated heterocycles. The summed E-state index contributed by atoms with van der Waals surface area (Å²) < 4.78 is 19.6. The van der Waals surface area contributed by atoms with Gasteiger partial charge in [0.15, 0.2) is 0 Å². The van der Waals surface area contributed by atoms with E-state index in [-0.39, 0.29) is 21.1 Å². The van der Waals surface area contributed by atoms with Gasteiger partial charge >= 0.3 is 0 Å². The molecule has 8 heteroatoms. The monoisotopic (exact) mass is 792 g/mol. The molecule has 3 aromatic heterocycles. The number of anilines is 4. The number of aromatic nitrogens is 1. The minimum atomic E-state index is 0. The number of ether oxygens (including phenoxy) is 1. The zero-order chi connectivity index (χ0) is 30.6. The van der Waals surface area contributed by atoms with E-state index in [1.807, 2.05) is 110 Å². The molecule has 0 N–H and O–H groups in total. The van der Waals surface area contributed by atoms with Crippen LogP contribution >= 0.6 is 0 Å². The second kappa shape index (κ2) is 11.7. The van der Waals surface area contributed by atoms with Crippen molar-refractivity contribution in [3.05, 3.63) is 147 Å². The van der Waals surface area contributed by atoms with Crippen molar-refractivity contribution in [2.45, 2.75) is 0 Å². The summed E-state index contributed by atoms with van der Waals surface area (Å²) >= 11 is 0. The number of hydrogen-bond donors (Lipinski definition) is 0. The van der Waals surface area contributed by atoms with Crippen molar-refractivity contribution in [3.63, 3.8) is 0 Å². The van der Waals surface area contributed by atoms with Crippen LogP contribution in [0.4, 0.5) is 22.7 Å². The molecule has 0 bridgehead atoms. The van der Waals surface area contributed by atoms with Crippen LogP contribution in [0.25, 0.3) is 43.9 Å². The van der Waals surface area contributed by atoms with Crippen LogP contribution in [-0.2, 0) is 21.1 Å². The second-order valence-electron chi connectivity index (χ2n) is 11.1. The number of para-hydroxylation sites is 3. The molecular weight excluding hydrogens is 768 g/mol. The van der Waals surface area contributed by atoms with E-state index in [0.717, 1.165) is 44.1 Å². The van der Waals surface area contributed by atoms with E-state index < -0.39 is 0 Å². The number of benzene rings is 5. The predicted molar refractivity (Wildman–Crippen MR) is 181 cm³/mol. The maximum Gasteiger partial charge on any atom is 0.216 e. The molecule has 47 heavy (non-hydrogen) atoms. The van der Waals surface area contributed by atoms with Crippen LogP contribution in [0.1, 0.15) is 0 Å². The number of rotatable bonds is 6. The molecule has 0 amide bonds. The quantitative estimate of drug-likeness (QED) is 0.156. The van der Waals surface area contributed by atoms with E-state index in [0.29, 0.717) is 34.2 Å². The Balaban J connectivity index is 0.00000324. The Kier molecular flexibility index (Phi) is 7.19. The molecule has 1 aliphatic heterocycles. The molecular formula is C39H25N4O3Pt-3. The summed E-state index contributed by atoms with van der Waals surface area (Å²) in [6.07, 6.45) is 5.73. The summed E-state index contributed by atoms with van der Waals surface area (Å²) in [7, 11) is 2.00. The van der Waals surface area contributed by atoms with Crippen molar-refractivity contribution in [2.75, 3.05) is 16.8 Å². The van der Waals surface area contributed by atoms with E-state index in [1.165, 1.54) is 0 Å². The second-order valence-corrected chi connectivity index (χ2v) is 11.1. The Morgan fingerprint density at radius 2 is 1.34 bits per heavy atom. The van der Waals surface area contributed by atoms with Gasteiger partial charge in [-0.15, -0.1) is 30.0 Å². The van der Waals surface area contributed by atoms with E-state index in [1.54, 1.807) is 6.20 Å². The van der Waals surface area contributed by atoms with E-state index >= 15 is 0 Å². The number of nitrogens with zero attached hydrogens (tertiary/aromatic N) is 4.